The molecule has 1 aromatic carbocycles. The molecule has 1 amide bonds. The normalized spacial score (nSPS) is 15.9. The molecule has 0 atom stereocenters. The summed E-state index contributed by atoms with van der Waals surface area (Å²) >= 11 is 0. The van der Waals surface area contributed by atoms with E-state index in [0.717, 1.165) is 38.3 Å². The van der Waals surface area contributed by atoms with Crippen molar-refractivity contribution in [3.8, 4) is 0 Å². The fourth-order valence-corrected chi connectivity index (χ4v) is 2.96. The van der Waals surface area contributed by atoms with Crippen LogP contribution in [0.1, 0.15) is 42.6 Å². The highest BCUT2D eigenvalue weighted by atomic mass is 16.2. The molecule has 0 unspecified atom stereocenters. The van der Waals surface area contributed by atoms with Gasteiger partial charge in [-0.2, -0.15) is 0 Å². The first-order valence-corrected chi connectivity index (χ1v) is 8.55. The number of nitrogens with zero attached hydrogens (tertiary/aromatic N) is 2. The molecule has 1 aromatic rings. The van der Waals surface area contributed by atoms with Crippen LogP contribution in [0.3, 0.4) is 0 Å². The molecule has 23 heavy (non-hydrogen) atoms. The van der Waals surface area contributed by atoms with Gasteiger partial charge < -0.3 is 4.90 Å². The van der Waals surface area contributed by atoms with Crippen LogP contribution in [0, 0.1) is 12.8 Å². The number of benzene rings is 1. The van der Waals surface area contributed by atoms with Crippen LogP contribution in [0.15, 0.2) is 24.3 Å². The maximum Gasteiger partial charge on any atom is 0.223 e. The van der Waals surface area contributed by atoms with Gasteiger partial charge >= 0.3 is 0 Å². The molecule has 2 rings (SSSR count). The number of hydrogen-bond donors (Lipinski definition) is 0. The molecule has 1 aliphatic rings. The first kappa shape index (κ1) is 17.7. The zero-order valence-electron chi connectivity index (χ0n) is 14.5. The van der Waals surface area contributed by atoms with E-state index >= 15 is 0 Å². The number of amides is 1. The highest BCUT2D eigenvalue weighted by Gasteiger charge is 2.21. The number of Topliss-reactive ketones (excluding diaryl/α,β-unsaturated/α-hetero) is 1. The van der Waals surface area contributed by atoms with E-state index in [1.165, 1.54) is 0 Å². The quantitative estimate of drug-likeness (QED) is 0.758. The summed E-state index contributed by atoms with van der Waals surface area (Å²) in [5, 5.41) is 0. The van der Waals surface area contributed by atoms with E-state index in [0.29, 0.717) is 24.3 Å². The lowest BCUT2D eigenvalue weighted by Crippen LogP contribution is -2.49. The molecule has 0 aliphatic carbocycles. The van der Waals surface area contributed by atoms with Crippen molar-refractivity contribution in [2.24, 2.45) is 5.92 Å². The SMILES string of the molecule is Cc1ccc(C(=O)CCC(=O)N2CCN(CC(C)C)CC2)cc1. The maximum absolute atomic E-state index is 12.3. The first-order chi connectivity index (χ1) is 11.0. The molecule has 1 fully saturated rings. The maximum atomic E-state index is 12.3. The number of aryl methyl sites for hydroxylation is 1. The van der Waals surface area contributed by atoms with Gasteiger partial charge in [0.05, 0.1) is 0 Å². The van der Waals surface area contributed by atoms with E-state index in [2.05, 4.69) is 18.7 Å². The van der Waals surface area contributed by atoms with Gasteiger partial charge in [0.2, 0.25) is 5.91 Å². The van der Waals surface area contributed by atoms with Crippen LogP contribution in [0.25, 0.3) is 0 Å². The van der Waals surface area contributed by atoms with E-state index in [1.807, 2.05) is 36.1 Å². The van der Waals surface area contributed by atoms with Gasteiger partial charge in [-0.3, -0.25) is 14.5 Å². The molecule has 0 radical (unpaired) electrons. The Balaban J connectivity index is 1.75. The molecule has 4 heteroatoms. The van der Waals surface area contributed by atoms with E-state index in [-0.39, 0.29) is 11.7 Å². The van der Waals surface area contributed by atoms with Crippen molar-refractivity contribution in [1.29, 1.82) is 0 Å². The third kappa shape index (κ3) is 5.47. The van der Waals surface area contributed by atoms with Crippen molar-refractivity contribution in [2.75, 3.05) is 32.7 Å². The molecule has 1 heterocycles. The van der Waals surface area contributed by atoms with Crippen molar-refractivity contribution >= 4 is 11.7 Å². The summed E-state index contributed by atoms with van der Waals surface area (Å²) in [6.45, 7) is 11.0. The lowest BCUT2D eigenvalue weighted by atomic mass is 10.0. The van der Waals surface area contributed by atoms with Gasteiger partial charge in [0.15, 0.2) is 5.78 Å². The van der Waals surface area contributed by atoms with Crippen LogP contribution in [-0.2, 0) is 4.79 Å². The number of piperazine rings is 1. The predicted molar refractivity (Wildman–Crippen MR) is 92.6 cm³/mol. The second-order valence-corrected chi connectivity index (χ2v) is 6.86. The fourth-order valence-electron chi connectivity index (χ4n) is 2.96. The average Bonchev–Trinajstić information content (AvgIpc) is 2.53. The Kier molecular flexibility index (Phi) is 6.34. The molecule has 126 valence electrons. The Hall–Kier alpha value is -1.68. The lowest BCUT2D eigenvalue weighted by Gasteiger charge is -2.35. The van der Waals surface area contributed by atoms with Crippen LogP contribution in [0.4, 0.5) is 0 Å². The number of ketones is 1. The molecule has 1 saturated heterocycles. The van der Waals surface area contributed by atoms with Crippen molar-refractivity contribution < 1.29 is 9.59 Å². The second-order valence-electron chi connectivity index (χ2n) is 6.86. The van der Waals surface area contributed by atoms with Crippen molar-refractivity contribution in [1.82, 2.24) is 9.80 Å². The Bertz CT molecular complexity index is 529. The van der Waals surface area contributed by atoms with Gasteiger partial charge in [-0.25, -0.2) is 0 Å². The minimum Gasteiger partial charge on any atom is -0.340 e. The molecule has 0 N–H and O–H groups in total. The number of rotatable bonds is 6. The summed E-state index contributed by atoms with van der Waals surface area (Å²) in [6, 6.07) is 7.55. The topological polar surface area (TPSA) is 40.6 Å². The lowest BCUT2D eigenvalue weighted by molar-refractivity contribution is -0.132. The van der Waals surface area contributed by atoms with E-state index in [9.17, 15) is 9.59 Å². The van der Waals surface area contributed by atoms with Gasteiger partial charge in [-0.05, 0) is 12.8 Å². The molecule has 4 nitrogen and oxygen atoms in total. The zero-order valence-corrected chi connectivity index (χ0v) is 14.5. The molecule has 0 spiro atoms. The number of carbonyl (C=O) groups excluding carboxylic acids is 2. The predicted octanol–water partition coefficient (Wildman–Crippen LogP) is 2.76. The van der Waals surface area contributed by atoms with Crippen LogP contribution in [0.2, 0.25) is 0 Å². The van der Waals surface area contributed by atoms with Crippen LogP contribution in [0.5, 0.6) is 0 Å². The van der Waals surface area contributed by atoms with Gasteiger partial charge in [0, 0.05) is 51.1 Å². The van der Waals surface area contributed by atoms with Crippen molar-refractivity contribution in [3.05, 3.63) is 35.4 Å². The first-order valence-electron chi connectivity index (χ1n) is 8.55. The van der Waals surface area contributed by atoms with Crippen molar-refractivity contribution in [3.63, 3.8) is 0 Å². The summed E-state index contributed by atoms with van der Waals surface area (Å²) in [5.74, 6) is 0.816. The summed E-state index contributed by atoms with van der Waals surface area (Å²) < 4.78 is 0. The zero-order chi connectivity index (χ0) is 16.8. The summed E-state index contributed by atoms with van der Waals surface area (Å²) in [7, 11) is 0. The van der Waals surface area contributed by atoms with Gasteiger partial charge in [-0.15, -0.1) is 0 Å². The molecular formula is C19H28N2O2. The van der Waals surface area contributed by atoms with Gasteiger partial charge in [-0.1, -0.05) is 43.7 Å². The molecule has 0 bridgehead atoms. The minimum atomic E-state index is 0.0526. The Morgan fingerprint density at radius 1 is 1.00 bits per heavy atom. The summed E-state index contributed by atoms with van der Waals surface area (Å²) in [5.41, 5.74) is 1.84. The molecular weight excluding hydrogens is 288 g/mol. The van der Waals surface area contributed by atoms with Crippen LogP contribution in [-0.4, -0.2) is 54.2 Å². The monoisotopic (exact) mass is 316 g/mol. The van der Waals surface area contributed by atoms with Crippen molar-refractivity contribution in [2.45, 2.75) is 33.6 Å². The second kappa shape index (κ2) is 8.25. The third-order valence-corrected chi connectivity index (χ3v) is 4.29. The summed E-state index contributed by atoms with van der Waals surface area (Å²) in [6.07, 6.45) is 0.616. The van der Waals surface area contributed by atoms with Crippen LogP contribution < -0.4 is 0 Å². The number of carbonyl (C=O) groups is 2. The smallest absolute Gasteiger partial charge is 0.223 e. The Labute approximate surface area is 139 Å². The summed E-state index contributed by atoms with van der Waals surface area (Å²) in [4.78, 5) is 28.7. The molecule has 0 saturated carbocycles. The standard InChI is InChI=1S/C19H28N2O2/c1-15(2)14-20-10-12-21(13-11-20)19(23)9-8-18(22)17-6-4-16(3)5-7-17/h4-7,15H,8-14H2,1-3H3. The fraction of sp³-hybridized carbons (Fsp3) is 0.579. The average molecular weight is 316 g/mol. The Morgan fingerprint density at radius 2 is 1.61 bits per heavy atom. The van der Waals surface area contributed by atoms with E-state index < -0.39 is 0 Å². The minimum absolute atomic E-state index is 0.0526. The van der Waals surface area contributed by atoms with Crippen LogP contribution >= 0.6 is 0 Å². The Morgan fingerprint density at radius 3 is 2.17 bits per heavy atom. The highest BCUT2D eigenvalue weighted by Crippen LogP contribution is 2.11. The highest BCUT2D eigenvalue weighted by molar-refractivity contribution is 5.97. The van der Waals surface area contributed by atoms with Gasteiger partial charge in [0.25, 0.3) is 0 Å². The molecule has 1 aliphatic heterocycles. The number of hydrogen-bond acceptors (Lipinski definition) is 3. The third-order valence-electron chi connectivity index (χ3n) is 4.29. The van der Waals surface area contributed by atoms with Gasteiger partial charge in [0.1, 0.15) is 0 Å². The molecule has 0 aromatic heterocycles. The van der Waals surface area contributed by atoms with E-state index in [4.69, 9.17) is 0 Å². The largest absolute Gasteiger partial charge is 0.340 e. The van der Waals surface area contributed by atoms with E-state index in [1.54, 1.807) is 0 Å².